The molecular weight excluding hydrogens is 132 g/mol. The quantitative estimate of drug-likeness (QED) is 0.479. The molecule has 1 saturated heterocycles. The minimum Gasteiger partial charge on any atom is -0.354 e. The number of carbonyl (C=O) groups excluding carboxylic acids is 2. The van der Waals surface area contributed by atoms with E-state index in [1.807, 2.05) is 6.92 Å². The molecule has 4 heteroatoms. The average molecular weight is 142 g/mol. The van der Waals surface area contributed by atoms with Gasteiger partial charge in [-0.3, -0.25) is 9.59 Å². The molecule has 0 aliphatic carbocycles. The number of carbonyl (C=O) groups is 2. The van der Waals surface area contributed by atoms with Gasteiger partial charge in [0.05, 0.1) is 0 Å². The van der Waals surface area contributed by atoms with Gasteiger partial charge in [0.2, 0.25) is 12.3 Å². The van der Waals surface area contributed by atoms with Gasteiger partial charge < -0.3 is 10.6 Å². The lowest BCUT2D eigenvalue weighted by molar-refractivity contribution is -0.123. The van der Waals surface area contributed by atoms with E-state index in [-0.39, 0.29) is 17.9 Å². The largest absolute Gasteiger partial charge is 0.354 e. The standard InChI is InChI=1S/C6H10N2O2/c1-4-2-7-6(10)5(4)8-3-9/h3-5H,2H2,1H3,(H,7,10)(H,8,9)/t4-,5-/m1/s1. The van der Waals surface area contributed by atoms with Crippen molar-refractivity contribution >= 4 is 12.3 Å². The monoisotopic (exact) mass is 142 g/mol. The van der Waals surface area contributed by atoms with Crippen LogP contribution >= 0.6 is 0 Å². The number of amides is 2. The topological polar surface area (TPSA) is 58.2 Å². The first-order chi connectivity index (χ1) is 4.75. The zero-order valence-corrected chi connectivity index (χ0v) is 5.76. The summed E-state index contributed by atoms with van der Waals surface area (Å²) in [5.41, 5.74) is 0. The van der Waals surface area contributed by atoms with Gasteiger partial charge in [-0.1, -0.05) is 6.92 Å². The Labute approximate surface area is 59.0 Å². The predicted molar refractivity (Wildman–Crippen MR) is 35.2 cm³/mol. The van der Waals surface area contributed by atoms with Crippen molar-refractivity contribution in [3.63, 3.8) is 0 Å². The summed E-state index contributed by atoms with van der Waals surface area (Å²) in [6.07, 6.45) is 0.562. The Morgan fingerprint density at radius 3 is 2.90 bits per heavy atom. The minimum absolute atomic E-state index is 0.0837. The molecule has 1 aliphatic rings. The van der Waals surface area contributed by atoms with Crippen molar-refractivity contribution in [2.24, 2.45) is 5.92 Å². The van der Waals surface area contributed by atoms with E-state index in [2.05, 4.69) is 10.6 Å². The van der Waals surface area contributed by atoms with E-state index in [9.17, 15) is 9.59 Å². The third-order valence-corrected chi connectivity index (χ3v) is 1.70. The molecule has 2 atom stereocenters. The highest BCUT2D eigenvalue weighted by molar-refractivity contribution is 5.85. The molecule has 0 aromatic carbocycles. The summed E-state index contributed by atoms with van der Waals surface area (Å²) >= 11 is 0. The first kappa shape index (κ1) is 7.05. The Kier molecular flexibility index (Phi) is 1.89. The molecule has 0 aromatic rings. The second-order valence-electron chi connectivity index (χ2n) is 2.48. The van der Waals surface area contributed by atoms with Crippen LogP contribution in [0.15, 0.2) is 0 Å². The van der Waals surface area contributed by atoms with Crippen molar-refractivity contribution < 1.29 is 9.59 Å². The lowest BCUT2D eigenvalue weighted by atomic mass is 10.1. The SMILES string of the molecule is C[C@@H]1CNC(=O)[C@@H]1NC=O. The van der Waals surface area contributed by atoms with E-state index < -0.39 is 0 Å². The van der Waals surface area contributed by atoms with Crippen LogP contribution in [0, 0.1) is 5.92 Å². The maximum Gasteiger partial charge on any atom is 0.242 e. The van der Waals surface area contributed by atoms with Gasteiger partial charge in [-0.05, 0) is 0 Å². The van der Waals surface area contributed by atoms with Gasteiger partial charge in [0.15, 0.2) is 0 Å². The highest BCUT2D eigenvalue weighted by Crippen LogP contribution is 2.07. The molecule has 0 bridgehead atoms. The van der Waals surface area contributed by atoms with Gasteiger partial charge in [0.1, 0.15) is 6.04 Å². The van der Waals surface area contributed by atoms with Crippen molar-refractivity contribution in [3.8, 4) is 0 Å². The first-order valence-corrected chi connectivity index (χ1v) is 3.23. The molecule has 1 aliphatic heterocycles. The molecule has 1 fully saturated rings. The average Bonchev–Trinajstić information content (AvgIpc) is 2.20. The second kappa shape index (κ2) is 2.68. The summed E-state index contributed by atoms with van der Waals surface area (Å²) in [5, 5.41) is 5.10. The van der Waals surface area contributed by atoms with Crippen LogP contribution in [0.1, 0.15) is 6.92 Å². The Bertz CT molecular complexity index is 158. The van der Waals surface area contributed by atoms with Crippen LogP contribution in [0.2, 0.25) is 0 Å². The van der Waals surface area contributed by atoms with Crippen LogP contribution in [-0.2, 0) is 9.59 Å². The van der Waals surface area contributed by atoms with E-state index in [1.54, 1.807) is 0 Å². The summed E-state index contributed by atoms with van der Waals surface area (Å²) in [6, 6.07) is -0.322. The smallest absolute Gasteiger partial charge is 0.242 e. The molecule has 4 nitrogen and oxygen atoms in total. The van der Waals surface area contributed by atoms with E-state index in [0.29, 0.717) is 13.0 Å². The lowest BCUT2D eigenvalue weighted by Gasteiger charge is -2.08. The van der Waals surface area contributed by atoms with Gasteiger partial charge in [0.25, 0.3) is 0 Å². The molecule has 0 radical (unpaired) electrons. The minimum atomic E-state index is -0.322. The zero-order chi connectivity index (χ0) is 7.56. The predicted octanol–water partition coefficient (Wildman–Crippen LogP) is -1.13. The number of hydrogen-bond acceptors (Lipinski definition) is 2. The van der Waals surface area contributed by atoms with Crippen LogP contribution in [-0.4, -0.2) is 24.9 Å². The van der Waals surface area contributed by atoms with Crippen LogP contribution in [0.3, 0.4) is 0 Å². The second-order valence-corrected chi connectivity index (χ2v) is 2.48. The maximum atomic E-state index is 10.8. The molecule has 0 aromatic heterocycles. The third kappa shape index (κ3) is 1.10. The summed E-state index contributed by atoms with van der Waals surface area (Å²) in [5.74, 6) is 0.123. The highest BCUT2D eigenvalue weighted by Gasteiger charge is 2.30. The Hall–Kier alpha value is -1.06. The van der Waals surface area contributed by atoms with E-state index in [1.165, 1.54) is 0 Å². The van der Waals surface area contributed by atoms with Gasteiger partial charge in [-0.2, -0.15) is 0 Å². The first-order valence-electron chi connectivity index (χ1n) is 3.23. The molecule has 0 spiro atoms. The molecule has 0 unspecified atom stereocenters. The molecule has 0 saturated carbocycles. The Morgan fingerprint density at radius 1 is 1.80 bits per heavy atom. The molecule has 1 rings (SSSR count). The molecule has 2 N–H and O–H groups in total. The van der Waals surface area contributed by atoms with Crippen molar-refractivity contribution in [2.75, 3.05) is 6.54 Å². The molecule has 2 amide bonds. The fourth-order valence-corrected chi connectivity index (χ4v) is 1.06. The molecular formula is C6H10N2O2. The fourth-order valence-electron chi connectivity index (χ4n) is 1.06. The molecule has 1 heterocycles. The summed E-state index contributed by atoms with van der Waals surface area (Å²) in [7, 11) is 0. The summed E-state index contributed by atoms with van der Waals surface area (Å²) in [6.45, 7) is 2.57. The number of rotatable bonds is 2. The number of nitrogens with one attached hydrogen (secondary N) is 2. The lowest BCUT2D eigenvalue weighted by Crippen LogP contribution is -2.38. The van der Waals surface area contributed by atoms with Crippen molar-refractivity contribution in [3.05, 3.63) is 0 Å². The van der Waals surface area contributed by atoms with Crippen LogP contribution < -0.4 is 10.6 Å². The maximum absolute atomic E-state index is 10.8. The fraction of sp³-hybridized carbons (Fsp3) is 0.667. The normalized spacial score (nSPS) is 31.5. The van der Waals surface area contributed by atoms with Crippen LogP contribution in [0.25, 0.3) is 0 Å². The van der Waals surface area contributed by atoms with E-state index >= 15 is 0 Å². The van der Waals surface area contributed by atoms with Gasteiger partial charge in [0, 0.05) is 12.5 Å². The summed E-state index contributed by atoms with van der Waals surface area (Å²) < 4.78 is 0. The van der Waals surface area contributed by atoms with Crippen molar-refractivity contribution in [2.45, 2.75) is 13.0 Å². The number of hydrogen-bond donors (Lipinski definition) is 2. The van der Waals surface area contributed by atoms with Gasteiger partial charge in [-0.25, -0.2) is 0 Å². The third-order valence-electron chi connectivity index (χ3n) is 1.70. The zero-order valence-electron chi connectivity index (χ0n) is 5.76. The van der Waals surface area contributed by atoms with Gasteiger partial charge >= 0.3 is 0 Å². The highest BCUT2D eigenvalue weighted by atomic mass is 16.2. The molecule has 56 valence electrons. The van der Waals surface area contributed by atoms with Crippen LogP contribution in [0.5, 0.6) is 0 Å². The summed E-state index contributed by atoms with van der Waals surface area (Å²) in [4.78, 5) is 20.8. The van der Waals surface area contributed by atoms with E-state index in [0.717, 1.165) is 0 Å². The van der Waals surface area contributed by atoms with Crippen LogP contribution in [0.4, 0.5) is 0 Å². The van der Waals surface area contributed by atoms with Crippen molar-refractivity contribution in [1.29, 1.82) is 0 Å². The van der Waals surface area contributed by atoms with E-state index in [4.69, 9.17) is 0 Å². The Morgan fingerprint density at radius 2 is 2.50 bits per heavy atom. The molecule has 10 heavy (non-hydrogen) atoms. The van der Waals surface area contributed by atoms with Gasteiger partial charge in [-0.15, -0.1) is 0 Å². The Balaban J connectivity index is 2.53. The van der Waals surface area contributed by atoms with Crippen molar-refractivity contribution in [1.82, 2.24) is 10.6 Å².